The molecule has 0 unspecified atom stereocenters. The Morgan fingerprint density at radius 3 is 2.62 bits per heavy atom. The van der Waals surface area contributed by atoms with Gasteiger partial charge in [0.1, 0.15) is 5.75 Å². The van der Waals surface area contributed by atoms with E-state index in [1.54, 1.807) is 7.11 Å². The lowest BCUT2D eigenvalue weighted by molar-refractivity contribution is 0.143. The van der Waals surface area contributed by atoms with E-state index >= 15 is 0 Å². The summed E-state index contributed by atoms with van der Waals surface area (Å²) in [5.41, 5.74) is 1.20. The van der Waals surface area contributed by atoms with Crippen LogP contribution in [0.4, 0.5) is 4.79 Å². The largest absolute Gasteiger partial charge is 0.497 e. The fourth-order valence-electron chi connectivity index (χ4n) is 3.74. The number of urea groups is 1. The number of nitrogens with one attached hydrogen (secondary N) is 2. The van der Waals surface area contributed by atoms with Crippen LogP contribution in [0.15, 0.2) is 24.3 Å². The lowest BCUT2D eigenvalue weighted by Gasteiger charge is -2.35. The molecule has 0 saturated carbocycles. The molecule has 0 aliphatic carbocycles. The van der Waals surface area contributed by atoms with E-state index in [2.05, 4.69) is 27.3 Å². The number of nitrogens with zero attached hydrogens (tertiary/aromatic N) is 1. The Bertz CT molecular complexity index is 553. The summed E-state index contributed by atoms with van der Waals surface area (Å²) in [7, 11) is 1.67. The second-order valence-electron chi connectivity index (χ2n) is 7.23. The SMILES string of the molecule is COc1ccc(CCNC(=O)NCC2CCN([C@@H]3CCSC3)CC2)cc1. The number of amides is 2. The zero-order valence-electron chi connectivity index (χ0n) is 15.7. The lowest BCUT2D eigenvalue weighted by atomic mass is 9.95. The Labute approximate surface area is 161 Å². The minimum Gasteiger partial charge on any atom is -0.497 e. The number of rotatable bonds is 7. The molecular formula is C20H31N3O2S. The van der Waals surface area contributed by atoms with Gasteiger partial charge in [-0.25, -0.2) is 4.79 Å². The van der Waals surface area contributed by atoms with Crippen LogP contribution in [0.25, 0.3) is 0 Å². The van der Waals surface area contributed by atoms with E-state index in [0.717, 1.165) is 24.8 Å². The Morgan fingerprint density at radius 2 is 1.96 bits per heavy atom. The monoisotopic (exact) mass is 377 g/mol. The molecule has 2 aliphatic heterocycles. The lowest BCUT2D eigenvalue weighted by Crippen LogP contribution is -2.45. The molecular weight excluding hydrogens is 346 g/mol. The number of hydrogen-bond donors (Lipinski definition) is 2. The van der Waals surface area contributed by atoms with Crippen molar-refractivity contribution in [2.45, 2.75) is 31.7 Å². The highest BCUT2D eigenvalue weighted by Crippen LogP contribution is 2.26. The second kappa shape index (κ2) is 10.1. The van der Waals surface area contributed by atoms with Crippen molar-refractivity contribution in [2.75, 3.05) is 44.8 Å². The smallest absolute Gasteiger partial charge is 0.314 e. The summed E-state index contributed by atoms with van der Waals surface area (Å²) < 4.78 is 5.15. The molecule has 144 valence electrons. The van der Waals surface area contributed by atoms with E-state index in [9.17, 15) is 4.79 Å². The number of benzene rings is 1. The number of ether oxygens (including phenoxy) is 1. The van der Waals surface area contributed by atoms with Crippen LogP contribution in [0.2, 0.25) is 0 Å². The topological polar surface area (TPSA) is 53.6 Å². The highest BCUT2D eigenvalue weighted by Gasteiger charge is 2.27. The van der Waals surface area contributed by atoms with Gasteiger partial charge >= 0.3 is 6.03 Å². The van der Waals surface area contributed by atoms with Crippen molar-refractivity contribution in [3.05, 3.63) is 29.8 Å². The number of thioether (sulfide) groups is 1. The Balaban J connectivity index is 1.27. The van der Waals surface area contributed by atoms with Crippen molar-refractivity contribution in [2.24, 2.45) is 5.92 Å². The van der Waals surface area contributed by atoms with Crippen molar-refractivity contribution in [1.82, 2.24) is 15.5 Å². The van der Waals surface area contributed by atoms with Gasteiger partial charge < -0.3 is 15.4 Å². The zero-order chi connectivity index (χ0) is 18.2. The van der Waals surface area contributed by atoms with Crippen molar-refractivity contribution in [3.63, 3.8) is 0 Å². The first-order chi connectivity index (χ1) is 12.7. The molecule has 6 heteroatoms. The van der Waals surface area contributed by atoms with Crippen molar-refractivity contribution < 1.29 is 9.53 Å². The fraction of sp³-hybridized carbons (Fsp3) is 0.650. The van der Waals surface area contributed by atoms with Crippen molar-refractivity contribution in [1.29, 1.82) is 0 Å². The molecule has 2 heterocycles. The standard InChI is InChI=1S/C20H31N3O2S/c1-25-19-4-2-16(3-5-19)6-10-21-20(24)22-14-17-7-11-23(12-8-17)18-9-13-26-15-18/h2-5,17-18H,6-15H2,1H3,(H2,21,22,24)/t18-/m1/s1. The summed E-state index contributed by atoms with van der Waals surface area (Å²) in [6.07, 6.45) is 4.58. The Hall–Kier alpha value is -1.40. The van der Waals surface area contributed by atoms with Gasteiger partial charge in [-0.3, -0.25) is 4.90 Å². The normalized spacial score (nSPS) is 21.5. The molecule has 5 nitrogen and oxygen atoms in total. The maximum atomic E-state index is 12.0. The van der Waals surface area contributed by atoms with E-state index in [4.69, 9.17) is 4.74 Å². The first kappa shape index (κ1) is 19.4. The van der Waals surface area contributed by atoms with E-state index in [-0.39, 0.29) is 6.03 Å². The van der Waals surface area contributed by atoms with Gasteiger partial charge in [0.2, 0.25) is 0 Å². The van der Waals surface area contributed by atoms with Gasteiger partial charge in [0, 0.05) is 24.9 Å². The number of piperidine rings is 1. The number of carbonyl (C=O) groups excluding carboxylic acids is 1. The summed E-state index contributed by atoms with van der Waals surface area (Å²) in [6, 6.07) is 8.73. The average molecular weight is 378 g/mol. The Morgan fingerprint density at radius 1 is 1.19 bits per heavy atom. The number of methoxy groups -OCH3 is 1. The van der Waals surface area contributed by atoms with Crippen molar-refractivity contribution >= 4 is 17.8 Å². The molecule has 1 aromatic carbocycles. The van der Waals surface area contributed by atoms with Crippen molar-refractivity contribution in [3.8, 4) is 5.75 Å². The Kier molecular flexibility index (Phi) is 7.50. The predicted octanol–water partition coefficient (Wildman–Crippen LogP) is 2.75. The zero-order valence-corrected chi connectivity index (χ0v) is 16.5. The molecule has 2 fully saturated rings. The third kappa shape index (κ3) is 5.81. The van der Waals surface area contributed by atoms with Gasteiger partial charge in [-0.05, 0) is 68.1 Å². The summed E-state index contributed by atoms with van der Waals surface area (Å²) >= 11 is 2.09. The fourth-order valence-corrected chi connectivity index (χ4v) is 5.00. The third-order valence-electron chi connectivity index (χ3n) is 5.48. The second-order valence-corrected chi connectivity index (χ2v) is 8.38. The molecule has 0 radical (unpaired) electrons. The van der Waals surface area contributed by atoms with Crippen LogP contribution in [0.3, 0.4) is 0 Å². The van der Waals surface area contributed by atoms with Crippen LogP contribution in [-0.4, -0.2) is 61.8 Å². The first-order valence-electron chi connectivity index (χ1n) is 9.71. The molecule has 26 heavy (non-hydrogen) atoms. The first-order valence-corrected chi connectivity index (χ1v) is 10.9. The minimum atomic E-state index is -0.0480. The van der Waals surface area contributed by atoms with Crippen LogP contribution in [0.5, 0.6) is 5.75 Å². The quantitative estimate of drug-likeness (QED) is 0.767. The number of hydrogen-bond acceptors (Lipinski definition) is 4. The average Bonchev–Trinajstić information content (AvgIpc) is 3.22. The summed E-state index contributed by atoms with van der Waals surface area (Å²) in [5, 5.41) is 6.01. The third-order valence-corrected chi connectivity index (χ3v) is 6.63. The van der Waals surface area contributed by atoms with Gasteiger partial charge in [-0.2, -0.15) is 11.8 Å². The molecule has 1 aromatic rings. The van der Waals surface area contributed by atoms with E-state index < -0.39 is 0 Å². The van der Waals surface area contributed by atoms with Crippen LogP contribution < -0.4 is 15.4 Å². The minimum absolute atomic E-state index is 0.0480. The van der Waals surface area contributed by atoms with E-state index in [1.165, 1.54) is 49.4 Å². The molecule has 1 atom stereocenters. The molecule has 2 amide bonds. The van der Waals surface area contributed by atoms with Gasteiger partial charge in [0.25, 0.3) is 0 Å². The summed E-state index contributed by atoms with van der Waals surface area (Å²) in [4.78, 5) is 14.7. The molecule has 2 saturated heterocycles. The highest BCUT2D eigenvalue weighted by molar-refractivity contribution is 7.99. The van der Waals surface area contributed by atoms with Gasteiger partial charge in [0.15, 0.2) is 0 Å². The number of likely N-dealkylation sites (tertiary alicyclic amines) is 1. The number of carbonyl (C=O) groups is 1. The van der Waals surface area contributed by atoms with Gasteiger partial charge in [0.05, 0.1) is 7.11 Å². The van der Waals surface area contributed by atoms with Crippen LogP contribution in [0.1, 0.15) is 24.8 Å². The molecule has 0 aromatic heterocycles. The maximum absolute atomic E-state index is 12.0. The predicted molar refractivity (Wildman–Crippen MR) is 108 cm³/mol. The molecule has 2 N–H and O–H groups in total. The van der Waals surface area contributed by atoms with Crippen LogP contribution in [-0.2, 0) is 6.42 Å². The molecule has 2 aliphatic rings. The van der Waals surface area contributed by atoms with Gasteiger partial charge in [-0.1, -0.05) is 12.1 Å². The molecule has 3 rings (SSSR count). The summed E-state index contributed by atoms with van der Waals surface area (Å²) in [6.45, 7) is 3.82. The summed E-state index contributed by atoms with van der Waals surface area (Å²) in [5.74, 6) is 4.10. The highest BCUT2D eigenvalue weighted by atomic mass is 32.2. The molecule has 0 spiro atoms. The van der Waals surface area contributed by atoms with Crippen LogP contribution >= 0.6 is 11.8 Å². The van der Waals surface area contributed by atoms with E-state index in [0.29, 0.717) is 12.5 Å². The van der Waals surface area contributed by atoms with Gasteiger partial charge in [-0.15, -0.1) is 0 Å². The van der Waals surface area contributed by atoms with E-state index in [1.807, 2.05) is 24.3 Å². The van der Waals surface area contributed by atoms with Crippen LogP contribution in [0, 0.1) is 5.92 Å². The maximum Gasteiger partial charge on any atom is 0.314 e. The molecule has 0 bridgehead atoms.